The Hall–Kier alpha value is -0.950. The summed E-state index contributed by atoms with van der Waals surface area (Å²) in [6, 6.07) is 0. The van der Waals surface area contributed by atoms with Gasteiger partial charge in [0, 0.05) is 27.1 Å². The number of ether oxygens (including phenoxy) is 2. The van der Waals surface area contributed by atoms with Gasteiger partial charge < -0.3 is 9.47 Å². The molecule has 0 rings (SSSR count). The van der Waals surface area contributed by atoms with Gasteiger partial charge >= 0.3 is 19.8 Å². The van der Waals surface area contributed by atoms with Crippen LogP contribution >= 0.6 is 7.82 Å². The maximum absolute atomic E-state index is 12.5. The van der Waals surface area contributed by atoms with Gasteiger partial charge in [0.1, 0.15) is 6.61 Å². The highest BCUT2D eigenvalue weighted by atomic mass is 31.2. The lowest BCUT2D eigenvalue weighted by atomic mass is 10.0. The van der Waals surface area contributed by atoms with Crippen LogP contribution < -0.4 is 0 Å². The summed E-state index contributed by atoms with van der Waals surface area (Å²) < 4.78 is 38.2. The van der Waals surface area contributed by atoms with E-state index in [2.05, 4.69) is 13.8 Å². The van der Waals surface area contributed by atoms with Crippen molar-refractivity contribution in [3.63, 3.8) is 0 Å². The molecule has 0 heterocycles. The van der Waals surface area contributed by atoms with Crippen LogP contribution in [0.15, 0.2) is 0 Å². The van der Waals surface area contributed by atoms with E-state index in [0.29, 0.717) is 6.42 Å². The number of rotatable bonds is 36. The standard InChI is InChI=1S/C37H73O8P/c1-5-7-9-11-13-15-17-19-21-23-25-27-29-31-36(38)43-33-35(34-44-46(40,41-3)42-4)45-37(39)32-30-28-26-24-22-20-18-16-14-12-10-8-6-2/h35H,5-34H2,1-4H3. The van der Waals surface area contributed by atoms with Crippen molar-refractivity contribution in [2.45, 2.75) is 200 Å². The second kappa shape index (κ2) is 33.9. The summed E-state index contributed by atoms with van der Waals surface area (Å²) >= 11 is 0. The van der Waals surface area contributed by atoms with E-state index in [-0.39, 0.29) is 31.6 Å². The first-order valence-corrected chi connectivity index (χ1v) is 20.6. The molecule has 1 atom stereocenters. The maximum Gasteiger partial charge on any atom is 0.474 e. The Morgan fingerprint density at radius 3 is 1.15 bits per heavy atom. The molecular formula is C37H73O8P. The molecule has 0 aromatic carbocycles. The molecule has 0 aromatic heterocycles. The number of phosphoric acid groups is 1. The number of carbonyl (C=O) groups is 2. The summed E-state index contributed by atoms with van der Waals surface area (Å²) in [7, 11) is -1.32. The van der Waals surface area contributed by atoms with E-state index < -0.39 is 13.9 Å². The second-order valence-electron chi connectivity index (χ2n) is 12.9. The van der Waals surface area contributed by atoms with Crippen LogP contribution in [-0.4, -0.2) is 45.5 Å². The Morgan fingerprint density at radius 1 is 0.478 bits per heavy atom. The molecule has 46 heavy (non-hydrogen) atoms. The van der Waals surface area contributed by atoms with Crippen LogP contribution in [0.2, 0.25) is 0 Å². The van der Waals surface area contributed by atoms with Gasteiger partial charge in [0.05, 0.1) is 6.61 Å². The highest BCUT2D eigenvalue weighted by Gasteiger charge is 2.27. The number of carbonyl (C=O) groups excluding carboxylic acids is 2. The first-order valence-electron chi connectivity index (χ1n) is 19.1. The van der Waals surface area contributed by atoms with Crippen LogP contribution in [-0.2, 0) is 37.2 Å². The fourth-order valence-corrected chi connectivity index (χ4v) is 6.26. The maximum atomic E-state index is 12.5. The summed E-state index contributed by atoms with van der Waals surface area (Å²) in [5, 5.41) is 0. The zero-order valence-corrected chi connectivity index (χ0v) is 31.4. The van der Waals surface area contributed by atoms with Crippen LogP contribution in [0.4, 0.5) is 0 Å². The van der Waals surface area contributed by atoms with Gasteiger partial charge in [-0.05, 0) is 12.8 Å². The van der Waals surface area contributed by atoms with Gasteiger partial charge in [-0.25, -0.2) is 4.57 Å². The van der Waals surface area contributed by atoms with Gasteiger partial charge in [-0.3, -0.25) is 23.2 Å². The SMILES string of the molecule is CCCCCCCCCCCCCCCC(=O)OCC(COP(=O)(OC)OC)OC(=O)CCCCCCCCCCCCCCC. The summed E-state index contributed by atoms with van der Waals surface area (Å²) in [6.45, 7) is 4.09. The van der Waals surface area contributed by atoms with E-state index in [9.17, 15) is 14.2 Å². The predicted octanol–water partition coefficient (Wildman–Crippen LogP) is 11.8. The molecule has 0 amide bonds. The third-order valence-corrected chi connectivity index (χ3v) is 9.92. The molecule has 1 unspecified atom stereocenters. The van der Waals surface area contributed by atoms with E-state index in [1.165, 1.54) is 143 Å². The van der Waals surface area contributed by atoms with E-state index in [1.54, 1.807) is 0 Å². The molecule has 274 valence electrons. The molecule has 0 saturated carbocycles. The molecule has 0 aliphatic rings. The Bertz CT molecular complexity index is 724. The molecule has 0 bridgehead atoms. The average molecular weight is 677 g/mol. The number of unbranched alkanes of at least 4 members (excludes halogenated alkanes) is 24. The minimum Gasteiger partial charge on any atom is -0.462 e. The fraction of sp³-hybridized carbons (Fsp3) is 0.946. The minimum atomic E-state index is -3.75. The number of hydrogen-bond acceptors (Lipinski definition) is 8. The third-order valence-electron chi connectivity index (χ3n) is 8.56. The second-order valence-corrected chi connectivity index (χ2v) is 14.8. The molecule has 0 aliphatic carbocycles. The minimum absolute atomic E-state index is 0.158. The normalized spacial score (nSPS) is 12.3. The van der Waals surface area contributed by atoms with Crippen molar-refractivity contribution in [2.75, 3.05) is 27.4 Å². The van der Waals surface area contributed by atoms with Crippen LogP contribution in [0.5, 0.6) is 0 Å². The zero-order chi connectivity index (χ0) is 34.0. The van der Waals surface area contributed by atoms with E-state index in [0.717, 1.165) is 38.5 Å². The zero-order valence-electron chi connectivity index (χ0n) is 30.5. The monoisotopic (exact) mass is 677 g/mol. The number of esters is 2. The lowest BCUT2D eigenvalue weighted by molar-refractivity contribution is -0.161. The van der Waals surface area contributed by atoms with Gasteiger partial charge in [0.15, 0.2) is 6.10 Å². The van der Waals surface area contributed by atoms with E-state index >= 15 is 0 Å². The Balaban J connectivity index is 4.12. The molecule has 0 spiro atoms. The molecule has 0 N–H and O–H groups in total. The molecule has 0 saturated heterocycles. The Labute approximate surface area is 283 Å². The van der Waals surface area contributed by atoms with Crippen molar-refractivity contribution in [2.24, 2.45) is 0 Å². The van der Waals surface area contributed by atoms with Crippen molar-refractivity contribution in [1.82, 2.24) is 0 Å². The van der Waals surface area contributed by atoms with Gasteiger partial charge in [0.2, 0.25) is 0 Å². The molecule has 0 fully saturated rings. The van der Waals surface area contributed by atoms with Crippen LogP contribution in [0.25, 0.3) is 0 Å². The summed E-state index contributed by atoms with van der Waals surface area (Å²) in [5.41, 5.74) is 0. The number of hydrogen-bond donors (Lipinski definition) is 0. The lowest BCUT2D eigenvalue weighted by Crippen LogP contribution is -2.29. The largest absolute Gasteiger partial charge is 0.474 e. The lowest BCUT2D eigenvalue weighted by Gasteiger charge is -2.20. The highest BCUT2D eigenvalue weighted by molar-refractivity contribution is 7.48. The quantitative estimate of drug-likeness (QED) is 0.0367. The molecular weight excluding hydrogens is 603 g/mol. The molecule has 0 radical (unpaired) electrons. The van der Waals surface area contributed by atoms with Gasteiger partial charge in [0.25, 0.3) is 0 Å². The van der Waals surface area contributed by atoms with E-state index in [1.807, 2.05) is 0 Å². The molecule has 0 aliphatic heterocycles. The smallest absolute Gasteiger partial charge is 0.462 e. The highest BCUT2D eigenvalue weighted by Crippen LogP contribution is 2.47. The first kappa shape index (κ1) is 45.0. The van der Waals surface area contributed by atoms with Crippen molar-refractivity contribution in [3.05, 3.63) is 0 Å². The molecule has 0 aromatic rings. The molecule has 8 nitrogen and oxygen atoms in total. The van der Waals surface area contributed by atoms with Crippen molar-refractivity contribution in [3.8, 4) is 0 Å². The summed E-state index contributed by atoms with van der Waals surface area (Å²) in [5.74, 6) is -0.712. The van der Waals surface area contributed by atoms with E-state index in [4.69, 9.17) is 23.0 Å². The van der Waals surface area contributed by atoms with Crippen molar-refractivity contribution < 1.29 is 37.2 Å². The molecule has 9 heteroatoms. The average Bonchev–Trinajstić information content (AvgIpc) is 3.06. The van der Waals surface area contributed by atoms with Gasteiger partial charge in [-0.1, -0.05) is 168 Å². The summed E-state index contributed by atoms with van der Waals surface area (Å²) in [4.78, 5) is 24.9. The van der Waals surface area contributed by atoms with Crippen molar-refractivity contribution >= 4 is 19.8 Å². The topological polar surface area (TPSA) is 97.4 Å². The Kier molecular flexibility index (Phi) is 33.2. The van der Waals surface area contributed by atoms with Crippen LogP contribution in [0, 0.1) is 0 Å². The van der Waals surface area contributed by atoms with Crippen LogP contribution in [0.3, 0.4) is 0 Å². The fourth-order valence-electron chi connectivity index (χ4n) is 5.55. The Morgan fingerprint density at radius 2 is 0.804 bits per heavy atom. The number of phosphoric ester groups is 1. The van der Waals surface area contributed by atoms with Crippen LogP contribution in [0.1, 0.15) is 194 Å². The van der Waals surface area contributed by atoms with Gasteiger partial charge in [-0.15, -0.1) is 0 Å². The summed E-state index contributed by atoms with van der Waals surface area (Å²) in [6.07, 6.45) is 31.9. The van der Waals surface area contributed by atoms with Gasteiger partial charge in [-0.2, -0.15) is 0 Å². The first-order chi connectivity index (χ1) is 22.4. The van der Waals surface area contributed by atoms with Crippen molar-refractivity contribution in [1.29, 1.82) is 0 Å². The predicted molar refractivity (Wildman–Crippen MR) is 189 cm³/mol. The third kappa shape index (κ3) is 30.4.